The molecule has 0 saturated carbocycles. The number of anilines is 1. The molecule has 20 heavy (non-hydrogen) atoms. The fourth-order valence-electron chi connectivity index (χ4n) is 1.50. The van der Waals surface area contributed by atoms with Crippen molar-refractivity contribution in [3.63, 3.8) is 0 Å². The largest absolute Gasteiger partial charge is 0.416 e. The maximum absolute atomic E-state index is 12.6. The number of nitrogens with one attached hydrogen (secondary N) is 2. The van der Waals surface area contributed by atoms with Crippen molar-refractivity contribution in [3.05, 3.63) is 23.9 Å². The minimum Gasteiger partial charge on any atom is -0.369 e. The number of aromatic nitrogens is 1. The number of nitrogens with zero attached hydrogens (tertiary/aromatic N) is 1. The number of pyridine rings is 1. The van der Waals surface area contributed by atoms with E-state index in [1.165, 1.54) is 0 Å². The van der Waals surface area contributed by atoms with Gasteiger partial charge >= 0.3 is 6.18 Å². The number of carbonyl (C=O) groups excluding carboxylic acids is 1. The number of hydrogen-bond acceptors (Lipinski definition) is 3. The first-order valence-electron chi connectivity index (χ1n) is 6.22. The van der Waals surface area contributed by atoms with E-state index >= 15 is 0 Å². The van der Waals surface area contributed by atoms with Crippen LogP contribution in [0.25, 0.3) is 0 Å². The van der Waals surface area contributed by atoms with E-state index in [2.05, 4.69) is 15.6 Å². The minimum atomic E-state index is -4.41. The fourth-order valence-corrected chi connectivity index (χ4v) is 1.50. The van der Waals surface area contributed by atoms with E-state index in [1.54, 1.807) is 20.8 Å². The second-order valence-electron chi connectivity index (χ2n) is 5.02. The van der Waals surface area contributed by atoms with E-state index in [0.717, 1.165) is 18.3 Å². The van der Waals surface area contributed by atoms with Gasteiger partial charge in [0.05, 0.1) is 11.0 Å². The third-order valence-electron chi connectivity index (χ3n) is 2.75. The van der Waals surface area contributed by atoms with E-state index in [-0.39, 0.29) is 18.3 Å². The van der Waals surface area contributed by atoms with Gasteiger partial charge in [0.15, 0.2) is 0 Å². The summed E-state index contributed by atoms with van der Waals surface area (Å²) in [6.45, 7) is 5.91. The number of amides is 1. The molecule has 0 bridgehead atoms. The molecular weight excluding hydrogens is 271 g/mol. The zero-order valence-electron chi connectivity index (χ0n) is 11.6. The van der Waals surface area contributed by atoms with Crippen LogP contribution in [0.4, 0.5) is 19.0 Å². The van der Waals surface area contributed by atoms with Gasteiger partial charge in [-0.1, -0.05) is 0 Å². The second kappa shape index (κ2) is 6.11. The summed E-state index contributed by atoms with van der Waals surface area (Å²) in [4.78, 5) is 15.6. The van der Waals surface area contributed by atoms with Crippen LogP contribution in [0.3, 0.4) is 0 Å². The first-order valence-corrected chi connectivity index (χ1v) is 6.22. The van der Waals surface area contributed by atoms with Crippen LogP contribution in [0.15, 0.2) is 18.3 Å². The molecule has 0 unspecified atom stereocenters. The van der Waals surface area contributed by atoms with Gasteiger partial charge in [-0.2, -0.15) is 13.2 Å². The summed E-state index contributed by atoms with van der Waals surface area (Å²) in [5, 5.41) is 5.44. The van der Waals surface area contributed by atoms with Gasteiger partial charge in [0.1, 0.15) is 5.82 Å². The van der Waals surface area contributed by atoms with Crippen molar-refractivity contribution in [3.8, 4) is 0 Å². The first kappa shape index (κ1) is 16.3. The topological polar surface area (TPSA) is 54.0 Å². The molecule has 0 aliphatic rings. The highest BCUT2D eigenvalue weighted by atomic mass is 19.4. The Morgan fingerprint density at radius 1 is 1.35 bits per heavy atom. The summed E-state index contributed by atoms with van der Waals surface area (Å²) in [5.41, 5.74) is -1.52. The third kappa shape index (κ3) is 4.40. The molecule has 1 aromatic heterocycles. The summed E-state index contributed by atoms with van der Waals surface area (Å²) in [7, 11) is 0. The molecule has 0 atom stereocenters. The SMILES string of the molecule is CCNC(=O)C(C)(C)CNc1cc(C(F)(F)F)ccn1. The van der Waals surface area contributed by atoms with Gasteiger partial charge in [0, 0.05) is 19.3 Å². The van der Waals surface area contributed by atoms with Gasteiger partial charge in [-0.3, -0.25) is 4.79 Å². The van der Waals surface area contributed by atoms with Gasteiger partial charge in [-0.05, 0) is 32.9 Å². The van der Waals surface area contributed by atoms with Crippen molar-refractivity contribution in [2.24, 2.45) is 5.41 Å². The highest BCUT2D eigenvalue weighted by Crippen LogP contribution is 2.30. The zero-order chi connectivity index (χ0) is 15.4. The lowest BCUT2D eigenvalue weighted by molar-refractivity contribution is -0.137. The van der Waals surface area contributed by atoms with Crippen LogP contribution in [0, 0.1) is 5.41 Å². The molecule has 0 aliphatic carbocycles. The Kier molecular flexibility index (Phi) is 4.97. The average Bonchev–Trinajstić information content (AvgIpc) is 2.36. The molecule has 1 heterocycles. The summed E-state index contributed by atoms with van der Waals surface area (Å²) >= 11 is 0. The predicted molar refractivity (Wildman–Crippen MR) is 70.2 cm³/mol. The summed E-state index contributed by atoms with van der Waals surface area (Å²) in [6.07, 6.45) is -3.32. The van der Waals surface area contributed by atoms with E-state index in [9.17, 15) is 18.0 Å². The normalized spacial score (nSPS) is 12.1. The van der Waals surface area contributed by atoms with Crippen LogP contribution >= 0.6 is 0 Å². The van der Waals surface area contributed by atoms with Crippen molar-refractivity contribution >= 4 is 11.7 Å². The van der Waals surface area contributed by atoms with Gasteiger partial charge in [0.2, 0.25) is 5.91 Å². The molecular formula is C13H18F3N3O. The first-order chi connectivity index (χ1) is 9.16. The Hall–Kier alpha value is -1.79. The summed E-state index contributed by atoms with van der Waals surface area (Å²) in [6, 6.07) is 1.83. The summed E-state index contributed by atoms with van der Waals surface area (Å²) < 4.78 is 37.7. The van der Waals surface area contributed by atoms with Crippen LogP contribution in [-0.4, -0.2) is 24.0 Å². The lowest BCUT2D eigenvalue weighted by Crippen LogP contribution is -2.41. The van der Waals surface area contributed by atoms with Crippen molar-refractivity contribution in [2.75, 3.05) is 18.4 Å². The maximum Gasteiger partial charge on any atom is 0.416 e. The Balaban J connectivity index is 2.73. The molecule has 0 spiro atoms. The van der Waals surface area contributed by atoms with Gasteiger partial charge < -0.3 is 10.6 Å². The molecule has 1 aromatic rings. The number of halogens is 3. The lowest BCUT2D eigenvalue weighted by Gasteiger charge is -2.24. The standard InChI is InChI=1S/C13H18F3N3O/c1-4-17-11(20)12(2,3)8-19-10-7-9(5-6-18-10)13(14,15)16/h5-7H,4,8H2,1-3H3,(H,17,20)(H,18,19). The number of rotatable bonds is 5. The van der Waals surface area contributed by atoms with Gasteiger partial charge in [0.25, 0.3) is 0 Å². The number of hydrogen-bond donors (Lipinski definition) is 2. The van der Waals surface area contributed by atoms with Crippen molar-refractivity contribution in [1.82, 2.24) is 10.3 Å². The predicted octanol–water partition coefficient (Wildman–Crippen LogP) is 2.67. The molecule has 1 rings (SSSR count). The van der Waals surface area contributed by atoms with Crippen LogP contribution in [0.1, 0.15) is 26.3 Å². The van der Waals surface area contributed by atoms with E-state index < -0.39 is 17.2 Å². The van der Waals surface area contributed by atoms with Crippen LogP contribution in [-0.2, 0) is 11.0 Å². The van der Waals surface area contributed by atoms with Crippen LogP contribution in [0.5, 0.6) is 0 Å². The number of alkyl halides is 3. The Bertz CT molecular complexity index is 472. The third-order valence-corrected chi connectivity index (χ3v) is 2.75. The van der Waals surface area contributed by atoms with E-state index in [4.69, 9.17) is 0 Å². The average molecular weight is 289 g/mol. The molecule has 1 amide bonds. The quantitative estimate of drug-likeness (QED) is 0.876. The highest BCUT2D eigenvalue weighted by molar-refractivity contribution is 5.82. The summed E-state index contributed by atoms with van der Waals surface area (Å²) in [5.74, 6) is -0.0725. The molecule has 0 fully saturated rings. The van der Waals surface area contributed by atoms with Crippen molar-refractivity contribution < 1.29 is 18.0 Å². The maximum atomic E-state index is 12.6. The molecule has 0 radical (unpaired) electrons. The number of carbonyl (C=O) groups is 1. The lowest BCUT2D eigenvalue weighted by atomic mass is 9.92. The van der Waals surface area contributed by atoms with Gasteiger partial charge in [-0.25, -0.2) is 4.98 Å². The van der Waals surface area contributed by atoms with Crippen molar-refractivity contribution in [2.45, 2.75) is 26.9 Å². The molecule has 112 valence electrons. The van der Waals surface area contributed by atoms with Gasteiger partial charge in [-0.15, -0.1) is 0 Å². The fraction of sp³-hybridized carbons (Fsp3) is 0.538. The highest BCUT2D eigenvalue weighted by Gasteiger charge is 2.31. The Morgan fingerprint density at radius 3 is 2.55 bits per heavy atom. The Labute approximate surface area is 115 Å². The van der Waals surface area contributed by atoms with Crippen LogP contribution < -0.4 is 10.6 Å². The zero-order valence-corrected chi connectivity index (χ0v) is 11.6. The molecule has 7 heteroatoms. The molecule has 4 nitrogen and oxygen atoms in total. The van der Waals surface area contributed by atoms with E-state index in [1.807, 2.05) is 0 Å². The minimum absolute atomic E-state index is 0.0946. The van der Waals surface area contributed by atoms with Crippen molar-refractivity contribution in [1.29, 1.82) is 0 Å². The van der Waals surface area contributed by atoms with E-state index in [0.29, 0.717) is 6.54 Å². The Morgan fingerprint density at radius 2 is 2.00 bits per heavy atom. The molecule has 0 aliphatic heterocycles. The molecule has 0 saturated heterocycles. The second-order valence-corrected chi connectivity index (χ2v) is 5.02. The monoisotopic (exact) mass is 289 g/mol. The smallest absolute Gasteiger partial charge is 0.369 e. The molecule has 0 aromatic carbocycles. The molecule has 2 N–H and O–H groups in total. The van der Waals surface area contributed by atoms with Crippen LogP contribution in [0.2, 0.25) is 0 Å².